The molecule has 1 atom stereocenters. The number of rotatable bonds is 6. The van der Waals surface area contributed by atoms with E-state index >= 15 is 0 Å². The predicted molar refractivity (Wildman–Crippen MR) is 105 cm³/mol. The molecule has 0 saturated carbocycles. The first-order valence-electron chi connectivity index (χ1n) is 8.57. The lowest BCUT2D eigenvalue weighted by molar-refractivity contribution is -0.145. The van der Waals surface area contributed by atoms with Gasteiger partial charge in [-0.15, -0.1) is 0 Å². The Bertz CT molecular complexity index is 1060. The summed E-state index contributed by atoms with van der Waals surface area (Å²) in [4.78, 5) is 43.8. The Morgan fingerprint density at radius 1 is 1.25 bits per heavy atom. The third-order valence-corrected chi connectivity index (χ3v) is 4.40. The fraction of sp³-hybridized carbons (Fsp3) is 0.200. The van der Waals surface area contributed by atoms with Gasteiger partial charge in [-0.05, 0) is 32.0 Å². The van der Waals surface area contributed by atoms with Crippen molar-refractivity contribution < 1.29 is 19.1 Å². The molecule has 3 rings (SSSR count). The number of nitrogens with zero attached hydrogens (tertiary/aromatic N) is 1. The van der Waals surface area contributed by atoms with Crippen LogP contribution < -0.4 is 5.32 Å². The van der Waals surface area contributed by atoms with Crippen LogP contribution in [0.15, 0.2) is 42.6 Å². The molecular weight excluding hydrogens is 382 g/mol. The molecule has 0 radical (unpaired) electrons. The number of hydrogen-bond acceptors (Lipinski definition) is 5. The normalized spacial score (nSPS) is 11.8. The number of aromatic nitrogens is 2. The van der Waals surface area contributed by atoms with Gasteiger partial charge in [0, 0.05) is 33.4 Å². The maximum absolute atomic E-state index is 12.8. The molecule has 0 fully saturated rings. The Labute approximate surface area is 166 Å². The molecule has 7 nitrogen and oxygen atoms in total. The van der Waals surface area contributed by atoms with Gasteiger partial charge in [-0.1, -0.05) is 29.8 Å². The number of aromatic amines is 1. The SMILES string of the molecule is Cc1[nH]c2ccccc2c1C(=O)[C@H](C)OC(=O)CNC(=O)c1cc(Cl)ccn1. The summed E-state index contributed by atoms with van der Waals surface area (Å²) < 4.78 is 5.19. The highest BCUT2D eigenvalue weighted by atomic mass is 35.5. The Morgan fingerprint density at radius 3 is 2.75 bits per heavy atom. The van der Waals surface area contributed by atoms with E-state index in [1.165, 1.54) is 25.3 Å². The number of carbonyl (C=O) groups excluding carboxylic acids is 3. The van der Waals surface area contributed by atoms with E-state index in [1.807, 2.05) is 24.3 Å². The van der Waals surface area contributed by atoms with Crippen molar-refractivity contribution in [1.82, 2.24) is 15.3 Å². The van der Waals surface area contributed by atoms with Crippen molar-refractivity contribution in [2.45, 2.75) is 20.0 Å². The molecule has 0 spiro atoms. The van der Waals surface area contributed by atoms with Crippen molar-refractivity contribution in [3.8, 4) is 0 Å². The lowest BCUT2D eigenvalue weighted by Gasteiger charge is -2.13. The molecule has 144 valence electrons. The van der Waals surface area contributed by atoms with Crippen LogP contribution in [0, 0.1) is 6.92 Å². The molecule has 0 bridgehead atoms. The molecule has 0 aliphatic carbocycles. The van der Waals surface area contributed by atoms with E-state index in [0.717, 1.165) is 10.9 Å². The molecule has 0 aliphatic rings. The Kier molecular flexibility index (Phi) is 5.75. The fourth-order valence-corrected chi connectivity index (χ4v) is 3.02. The van der Waals surface area contributed by atoms with Gasteiger partial charge < -0.3 is 15.0 Å². The predicted octanol–water partition coefficient (Wildman–Crippen LogP) is 3.07. The van der Waals surface area contributed by atoms with Crippen molar-refractivity contribution in [2.24, 2.45) is 0 Å². The molecule has 0 saturated heterocycles. The van der Waals surface area contributed by atoms with Gasteiger partial charge in [0.15, 0.2) is 6.10 Å². The van der Waals surface area contributed by atoms with Gasteiger partial charge in [0.05, 0.1) is 0 Å². The van der Waals surface area contributed by atoms with Gasteiger partial charge in [-0.25, -0.2) is 0 Å². The number of pyridine rings is 1. The number of fused-ring (bicyclic) bond motifs is 1. The Balaban J connectivity index is 1.61. The maximum Gasteiger partial charge on any atom is 0.326 e. The number of ether oxygens (including phenoxy) is 1. The van der Waals surface area contributed by atoms with Crippen molar-refractivity contribution in [3.63, 3.8) is 0 Å². The van der Waals surface area contributed by atoms with E-state index in [9.17, 15) is 14.4 Å². The number of ketones is 1. The number of H-pyrrole nitrogens is 1. The molecule has 2 aromatic heterocycles. The van der Waals surface area contributed by atoms with Gasteiger partial charge in [0.25, 0.3) is 5.91 Å². The summed E-state index contributed by atoms with van der Waals surface area (Å²) >= 11 is 5.81. The summed E-state index contributed by atoms with van der Waals surface area (Å²) in [6.07, 6.45) is 0.395. The highest BCUT2D eigenvalue weighted by Crippen LogP contribution is 2.23. The van der Waals surface area contributed by atoms with Crippen molar-refractivity contribution in [3.05, 3.63) is 64.6 Å². The average Bonchev–Trinajstić information content (AvgIpc) is 3.01. The molecular formula is C20H18ClN3O4. The second-order valence-electron chi connectivity index (χ2n) is 6.21. The van der Waals surface area contributed by atoms with Crippen LogP contribution in [0.4, 0.5) is 0 Å². The summed E-state index contributed by atoms with van der Waals surface area (Å²) in [6.45, 7) is 2.90. The fourth-order valence-electron chi connectivity index (χ4n) is 2.86. The van der Waals surface area contributed by atoms with E-state index in [0.29, 0.717) is 16.3 Å². The second kappa shape index (κ2) is 8.22. The molecule has 0 unspecified atom stereocenters. The second-order valence-corrected chi connectivity index (χ2v) is 6.65. The van der Waals surface area contributed by atoms with Crippen LogP contribution in [0.5, 0.6) is 0 Å². The zero-order chi connectivity index (χ0) is 20.3. The molecule has 1 aromatic carbocycles. The number of para-hydroxylation sites is 1. The highest BCUT2D eigenvalue weighted by Gasteiger charge is 2.24. The van der Waals surface area contributed by atoms with Gasteiger partial charge in [0.1, 0.15) is 12.2 Å². The first-order chi connectivity index (χ1) is 13.4. The Hall–Kier alpha value is -3.19. The minimum Gasteiger partial charge on any atom is -0.453 e. The summed E-state index contributed by atoms with van der Waals surface area (Å²) in [5.41, 5.74) is 2.11. The van der Waals surface area contributed by atoms with Gasteiger partial charge in [-0.3, -0.25) is 19.4 Å². The zero-order valence-electron chi connectivity index (χ0n) is 15.3. The quantitative estimate of drug-likeness (QED) is 0.490. The number of amides is 1. The van der Waals surface area contributed by atoms with Gasteiger partial charge in [0.2, 0.25) is 5.78 Å². The number of Topliss-reactive ketones (excluding diaryl/α,β-unsaturated/α-hetero) is 1. The largest absolute Gasteiger partial charge is 0.453 e. The minimum atomic E-state index is -0.994. The van der Waals surface area contributed by atoms with Crippen LogP contribution in [0.3, 0.4) is 0 Å². The van der Waals surface area contributed by atoms with Crippen LogP contribution >= 0.6 is 11.6 Å². The lowest BCUT2D eigenvalue weighted by Crippen LogP contribution is -2.34. The topological polar surface area (TPSA) is 101 Å². The van der Waals surface area contributed by atoms with E-state index < -0.39 is 24.5 Å². The van der Waals surface area contributed by atoms with E-state index in [2.05, 4.69) is 15.3 Å². The third-order valence-electron chi connectivity index (χ3n) is 4.17. The van der Waals surface area contributed by atoms with Crippen molar-refractivity contribution in [1.29, 1.82) is 0 Å². The molecule has 1 amide bonds. The molecule has 3 aromatic rings. The number of benzene rings is 1. The molecule has 28 heavy (non-hydrogen) atoms. The molecule has 0 aliphatic heterocycles. The monoisotopic (exact) mass is 399 g/mol. The van der Waals surface area contributed by atoms with Crippen LogP contribution in [-0.2, 0) is 9.53 Å². The summed E-state index contributed by atoms with van der Waals surface area (Å²) in [5.74, 6) is -1.61. The summed E-state index contributed by atoms with van der Waals surface area (Å²) in [5, 5.41) is 3.52. The minimum absolute atomic E-state index is 0.0823. The number of hydrogen-bond donors (Lipinski definition) is 2. The Morgan fingerprint density at radius 2 is 2.00 bits per heavy atom. The first-order valence-corrected chi connectivity index (χ1v) is 8.95. The summed E-state index contributed by atoms with van der Waals surface area (Å²) in [6, 6.07) is 10.3. The van der Waals surface area contributed by atoms with E-state index in [-0.39, 0.29) is 11.5 Å². The van der Waals surface area contributed by atoms with Crippen molar-refractivity contribution >= 4 is 40.2 Å². The molecule has 2 N–H and O–H groups in total. The van der Waals surface area contributed by atoms with Crippen LogP contribution in [0.25, 0.3) is 10.9 Å². The van der Waals surface area contributed by atoms with Crippen LogP contribution in [0.1, 0.15) is 33.5 Å². The van der Waals surface area contributed by atoms with Crippen LogP contribution in [-0.4, -0.2) is 40.3 Å². The first kappa shape index (κ1) is 19.6. The lowest BCUT2D eigenvalue weighted by atomic mass is 10.0. The number of esters is 1. The maximum atomic E-state index is 12.8. The molecule has 2 heterocycles. The standard InChI is InChI=1S/C20H18ClN3O4/c1-11-18(14-5-3-4-6-15(14)24-11)19(26)12(2)28-17(25)10-23-20(27)16-9-13(21)7-8-22-16/h3-9,12,24H,10H2,1-2H3,(H,23,27)/t12-/m0/s1. The average molecular weight is 400 g/mol. The summed E-state index contributed by atoms with van der Waals surface area (Å²) in [7, 11) is 0. The molecule has 8 heteroatoms. The van der Waals surface area contributed by atoms with Crippen molar-refractivity contribution in [2.75, 3.05) is 6.54 Å². The number of halogens is 1. The van der Waals surface area contributed by atoms with E-state index in [1.54, 1.807) is 6.92 Å². The number of aryl methyl sites for hydroxylation is 1. The van der Waals surface area contributed by atoms with Crippen LogP contribution in [0.2, 0.25) is 5.02 Å². The van der Waals surface area contributed by atoms with E-state index in [4.69, 9.17) is 16.3 Å². The van der Waals surface area contributed by atoms with Gasteiger partial charge in [-0.2, -0.15) is 0 Å². The third kappa shape index (κ3) is 4.20. The smallest absolute Gasteiger partial charge is 0.326 e. The zero-order valence-corrected chi connectivity index (χ0v) is 16.0. The number of carbonyl (C=O) groups is 3. The highest BCUT2D eigenvalue weighted by molar-refractivity contribution is 6.30. The van der Waals surface area contributed by atoms with Gasteiger partial charge >= 0.3 is 5.97 Å². The number of nitrogens with one attached hydrogen (secondary N) is 2.